The van der Waals surface area contributed by atoms with Crippen LogP contribution in [0.2, 0.25) is 0 Å². The predicted molar refractivity (Wildman–Crippen MR) is 206 cm³/mol. The number of phenolic OH excluding ortho intramolecular Hbond substituents is 4. The van der Waals surface area contributed by atoms with Gasteiger partial charge in [0.1, 0.15) is 23.0 Å². The van der Waals surface area contributed by atoms with E-state index in [2.05, 4.69) is 57.7 Å². The monoisotopic (exact) mass is 694 g/mol. The molecule has 0 unspecified atom stereocenters. The maximum Gasteiger partial charge on any atom is 0.115 e. The van der Waals surface area contributed by atoms with Gasteiger partial charge in [0, 0.05) is 52.4 Å². The third-order valence-electron chi connectivity index (χ3n) is 8.71. The summed E-state index contributed by atoms with van der Waals surface area (Å²) >= 11 is 0. The lowest BCUT2D eigenvalue weighted by molar-refractivity contribution is 0.473. The predicted octanol–water partition coefficient (Wildman–Crippen LogP) is 7.34. The fraction of sp³-hybridized carbons (Fsp3) is 0.182. The summed E-state index contributed by atoms with van der Waals surface area (Å²) in [5.74, 6) is 1.02. The van der Waals surface area contributed by atoms with Crippen molar-refractivity contribution >= 4 is 0 Å². The number of hydrogen-bond donors (Lipinski definition) is 8. The molecule has 0 heterocycles. The van der Waals surface area contributed by atoms with Gasteiger partial charge >= 0.3 is 0 Å². The van der Waals surface area contributed by atoms with E-state index in [1.807, 2.05) is 48.5 Å². The van der Waals surface area contributed by atoms with E-state index in [4.69, 9.17) is 0 Å². The minimum absolute atomic E-state index is 0.255. The maximum atomic E-state index is 9.92. The summed E-state index contributed by atoms with van der Waals surface area (Å²) in [4.78, 5) is 0. The van der Waals surface area contributed by atoms with Crippen LogP contribution in [-0.2, 0) is 52.4 Å². The van der Waals surface area contributed by atoms with E-state index in [-0.39, 0.29) is 23.0 Å². The fourth-order valence-corrected chi connectivity index (χ4v) is 6.34. The molecular formula is C44H46N4O4. The van der Waals surface area contributed by atoms with E-state index in [0.717, 1.165) is 55.6 Å². The van der Waals surface area contributed by atoms with Gasteiger partial charge in [-0.1, -0.05) is 60.7 Å². The average molecular weight is 695 g/mol. The van der Waals surface area contributed by atoms with Crippen molar-refractivity contribution in [2.45, 2.75) is 52.4 Å². The Morgan fingerprint density at radius 2 is 0.500 bits per heavy atom. The largest absolute Gasteiger partial charge is 0.508 e. The molecular weight excluding hydrogens is 649 g/mol. The number of nitrogens with one attached hydrogen (secondary N) is 4. The van der Waals surface area contributed by atoms with E-state index in [0.29, 0.717) is 52.4 Å². The number of aromatic hydroxyl groups is 4. The summed E-state index contributed by atoms with van der Waals surface area (Å²) in [6.07, 6.45) is 0. The van der Waals surface area contributed by atoms with Crippen LogP contribution >= 0.6 is 0 Å². The summed E-state index contributed by atoms with van der Waals surface area (Å²) in [5.41, 5.74) is 10.8. The second-order valence-electron chi connectivity index (χ2n) is 13.2. The van der Waals surface area contributed by atoms with Crippen LogP contribution in [0, 0.1) is 0 Å². The highest BCUT2D eigenvalue weighted by atomic mass is 16.3. The number of benzene rings is 6. The molecule has 8 N–H and O–H groups in total. The highest BCUT2D eigenvalue weighted by molar-refractivity contribution is 5.67. The SMILES string of the molecule is Oc1cccc(CNCc2cc(CNCc3cccc(O)c3)cc(-c3cc(CNCc4cccc(O)c4)cc(CNCc4cccc(O)c4)c3)c2)c1. The molecule has 0 saturated heterocycles. The lowest BCUT2D eigenvalue weighted by atomic mass is 9.96. The molecule has 8 heteroatoms. The van der Waals surface area contributed by atoms with Crippen molar-refractivity contribution in [1.29, 1.82) is 0 Å². The van der Waals surface area contributed by atoms with Gasteiger partial charge in [-0.25, -0.2) is 0 Å². The van der Waals surface area contributed by atoms with Crippen molar-refractivity contribution in [1.82, 2.24) is 21.3 Å². The first kappa shape index (κ1) is 36.2. The number of phenols is 4. The van der Waals surface area contributed by atoms with Crippen LogP contribution in [0.3, 0.4) is 0 Å². The molecule has 0 amide bonds. The third-order valence-corrected chi connectivity index (χ3v) is 8.71. The second-order valence-corrected chi connectivity index (χ2v) is 13.2. The zero-order chi connectivity index (χ0) is 36.1. The van der Waals surface area contributed by atoms with Gasteiger partial charge in [0.05, 0.1) is 0 Å². The molecule has 0 spiro atoms. The second kappa shape index (κ2) is 18.0. The van der Waals surface area contributed by atoms with E-state index >= 15 is 0 Å². The van der Waals surface area contributed by atoms with Gasteiger partial charge in [0.25, 0.3) is 0 Å². The normalized spacial score (nSPS) is 11.2. The van der Waals surface area contributed by atoms with E-state index in [1.165, 1.54) is 0 Å². The Balaban J connectivity index is 1.24. The lowest BCUT2D eigenvalue weighted by Gasteiger charge is -2.15. The minimum Gasteiger partial charge on any atom is -0.508 e. The average Bonchev–Trinajstić information content (AvgIpc) is 3.12. The van der Waals surface area contributed by atoms with Gasteiger partial charge in [-0.15, -0.1) is 0 Å². The van der Waals surface area contributed by atoms with Gasteiger partial charge in [0.2, 0.25) is 0 Å². The third kappa shape index (κ3) is 11.2. The number of hydrogen-bond acceptors (Lipinski definition) is 8. The molecule has 0 aliphatic carbocycles. The van der Waals surface area contributed by atoms with E-state index < -0.39 is 0 Å². The van der Waals surface area contributed by atoms with Crippen molar-refractivity contribution in [2.75, 3.05) is 0 Å². The molecule has 52 heavy (non-hydrogen) atoms. The Kier molecular flexibility index (Phi) is 12.5. The Hall–Kier alpha value is -5.64. The highest BCUT2D eigenvalue weighted by Crippen LogP contribution is 2.27. The lowest BCUT2D eigenvalue weighted by Crippen LogP contribution is -2.16. The molecule has 0 aliphatic heterocycles. The van der Waals surface area contributed by atoms with Gasteiger partial charge in [-0.2, -0.15) is 0 Å². The van der Waals surface area contributed by atoms with Crippen LogP contribution < -0.4 is 21.3 Å². The van der Waals surface area contributed by atoms with Crippen molar-refractivity contribution < 1.29 is 20.4 Å². The van der Waals surface area contributed by atoms with Gasteiger partial charge in [-0.05, 0) is 128 Å². The first-order valence-corrected chi connectivity index (χ1v) is 17.6. The molecule has 0 aromatic heterocycles. The summed E-state index contributed by atoms with van der Waals surface area (Å²) < 4.78 is 0. The Morgan fingerprint density at radius 3 is 0.731 bits per heavy atom. The van der Waals surface area contributed by atoms with E-state index in [1.54, 1.807) is 48.5 Å². The zero-order valence-electron chi connectivity index (χ0n) is 29.1. The Labute approximate surface area is 305 Å². The van der Waals surface area contributed by atoms with Crippen molar-refractivity contribution in [2.24, 2.45) is 0 Å². The van der Waals surface area contributed by atoms with Gasteiger partial charge in [0.15, 0.2) is 0 Å². The minimum atomic E-state index is 0.255. The van der Waals surface area contributed by atoms with Crippen molar-refractivity contribution in [3.05, 3.63) is 178 Å². The molecule has 0 aliphatic rings. The smallest absolute Gasteiger partial charge is 0.115 e. The fourth-order valence-electron chi connectivity index (χ4n) is 6.34. The topological polar surface area (TPSA) is 129 Å². The van der Waals surface area contributed by atoms with Crippen molar-refractivity contribution in [3.63, 3.8) is 0 Å². The molecule has 0 saturated carbocycles. The summed E-state index contributed by atoms with van der Waals surface area (Å²) in [5, 5.41) is 53.9. The maximum absolute atomic E-state index is 9.92. The molecule has 8 nitrogen and oxygen atoms in total. The molecule has 0 bridgehead atoms. The number of rotatable bonds is 17. The zero-order valence-corrected chi connectivity index (χ0v) is 29.1. The van der Waals surface area contributed by atoms with Crippen LogP contribution in [0.5, 0.6) is 23.0 Å². The van der Waals surface area contributed by atoms with Crippen LogP contribution in [0.15, 0.2) is 133 Å². The molecule has 266 valence electrons. The first-order valence-electron chi connectivity index (χ1n) is 17.6. The van der Waals surface area contributed by atoms with Gasteiger partial charge < -0.3 is 41.7 Å². The van der Waals surface area contributed by atoms with Crippen LogP contribution in [0.1, 0.15) is 44.5 Å². The quantitative estimate of drug-likeness (QED) is 0.0499. The Bertz CT molecular complexity index is 1790. The first-order chi connectivity index (χ1) is 25.3. The van der Waals surface area contributed by atoms with Crippen LogP contribution in [0.4, 0.5) is 0 Å². The molecule has 0 atom stereocenters. The highest BCUT2D eigenvalue weighted by Gasteiger charge is 2.09. The molecule has 6 rings (SSSR count). The van der Waals surface area contributed by atoms with Crippen LogP contribution in [0.25, 0.3) is 11.1 Å². The molecule has 6 aromatic rings. The molecule has 6 aromatic carbocycles. The summed E-state index contributed by atoms with van der Waals surface area (Å²) in [6, 6.07) is 42.6. The standard InChI is InChI=1S/C44H46N4O4/c49-41-9-1-5-31(19-41)23-45-27-35-13-36(28-46-24-32-6-2-10-42(50)20-32)16-39(15-35)40-17-37(29-47-25-33-7-3-11-43(51)21-33)14-38(18-40)30-48-26-34-8-4-12-44(52)22-34/h1-22,45-52H,23-30H2. The van der Waals surface area contributed by atoms with E-state index in [9.17, 15) is 20.4 Å². The van der Waals surface area contributed by atoms with Crippen molar-refractivity contribution in [3.8, 4) is 34.1 Å². The van der Waals surface area contributed by atoms with Crippen LogP contribution in [-0.4, -0.2) is 20.4 Å². The Morgan fingerprint density at radius 1 is 0.269 bits per heavy atom. The molecule has 0 radical (unpaired) electrons. The summed E-state index contributed by atoms with van der Waals surface area (Å²) in [7, 11) is 0. The molecule has 0 fully saturated rings. The summed E-state index contributed by atoms with van der Waals surface area (Å²) in [6.45, 7) is 5.08. The van der Waals surface area contributed by atoms with Gasteiger partial charge in [-0.3, -0.25) is 0 Å².